The Morgan fingerprint density at radius 2 is 1.53 bits per heavy atom. The first kappa shape index (κ1) is 20.4. The van der Waals surface area contributed by atoms with Crippen molar-refractivity contribution in [1.82, 2.24) is 4.72 Å². The first-order chi connectivity index (χ1) is 14.5. The van der Waals surface area contributed by atoms with Gasteiger partial charge in [0, 0.05) is 15.6 Å². The molecule has 7 heteroatoms. The molecule has 0 fully saturated rings. The minimum Gasteiger partial charge on any atom is -0.493 e. The van der Waals surface area contributed by atoms with Crippen molar-refractivity contribution in [2.24, 2.45) is 0 Å². The first-order valence-corrected chi connectivity index (χ1v) is 11.6. The average molecular weight is 440 g/mol. The van der Waals surface area contributed by atoms with Gasteiger partial charge in [0.25, 0.3) is 0 Å². The third-order valence-electron chi connectivity index (χ3n) is 4.80. The Labute approximate surface area is 180 Å². The molecular formula is C23H21NO4S2. The molecule has 0 radical (unpaired) electrons. The van der Waals surface area contributed by atoms with Gasteiger partial charge in [-0.25, -0.2) is 8.42 Å². The van der Waals surface area contributed by atoms with E-state index >= 15 is 0 Å². The second-order valence-corrected chi connectivity index (χ2v) is 9.50. The quantitative estimate of drug-likeness (QED) is 0.441. The van der Waals surface area contributed by atoms with Crippen LogP contribution >= 0.6 is 11.3 Å². The lowest BCUT2D eigenvalue weighted by atomic mass is 10.1. The number of hydrogen-bond acceptors (Lipinski definition) is 5. The van der Waals surface area contributed by atoms with E-state index in [1.54, 1.807) is 17.4 Å². The second kappa shape index (κ2) is 8.47. The summed E-state index contributed by atoms with van der Waals surface area (Å²) in [5.74, 6) is 0.832. The SMILES string of the molecule is COc1ccc(S(=O)(=O)N[C@H](c2ccccc2)c2cc3ccccc3s2)cc1OC. The molecule has 0 spiro atoms. The number of nitrogens with one attached hydrogen (secondary N) is 1. The fourth-order valence-corrected chi connectivity index (χ4v) is 5.72. The molecule has 1 N–H and O–H groups in total. The Bertz CT molecular complexity index is 1230. The molecular weight excluding hydrogens is 418 g/mol. The molecule has 0 saturated carbocycles. The highest BCUT2D eigenvalue weighted by molar-refractivity contribution is 7.89. The van der Waals surface area contributed by atoms with E-state index in [9.17, 15) is 8.42 Å². The Kier molecular flexibility index (Phi) is 5.76. The topological polar surface area (TPSA) is 64.6 Å². The monoisotopic (exact) mass is 439 g/mol. The molecule has 0 unspecified atom stereocenters. The largest absolute Gasteiger partial charge is 0.493 e. The van der Waals surface area contributed by atoms with Crippen LogP contribution in [-0.2, 0) is 10.0 Å². The van der Waals surface area contributed by atoms with Crippen molar-refractivity contribution in [3.8, 4) is 11.5 Å². The standard InChI is InChI=1S/C23H21NO4S2/c1-27-19-13-12-18(15-20(19)28-2)30(25,26)24-23(16-8-4-3-5-9-16)22-14-17-10-6-7-11-21(17)29-22/h3-15,23-24H,1-2H3/t23-/m1/s1. The Hall–Kier alpha value is -2.87. The maximum Gasteiger partial charge on any atom is 0.241 e. The lowest BCUT2D eigenvalue weighted by Crippen LogP contribution is -2.29. The smallest absolute Gasteiger partial charge is 0.241 e. The molecule has 4 rings (SSSR count). The molecule has 5 nitrogen and oxygen atoms in total. The predicted octanol–water partition coefficient (Wildman–Crippen LogP) is 4.99. The van der Waals surface area contributed by atoms with E-state index < -0.39 is 16.1 Å². The van der Waals surface area contributed by atoms with Crippen molar-refractivity contribution in [3.63, 3.8) is 0 Å². The van der Waals surface area contributed by atoms with Crippen molar-refractivity contribution < 1.29 is 17.9 Å². The average Bonchev–Trinajstić information content (AvgIpc) is 3.21. The summed E-state index contributed by atoms with van der Waals surface area (Å²) in [5, 5.41) is 1.09. The number of ether oxygens (including phenoxy) is 2. The Morgan fingerprint density at radius 1 is 0.833 bits per heavy atom. The molecule has 30 heavy (non-hydrogen) atoms. The van der Waals surface area contributed by atoms with Gasteiger partial charge in [-0.3, -0.25) is 0 Å². The van der Waals surface area contributed by atoms with E-state index in [4.69, 9.17) is 9.47 Å². The normalized spacial score (nSPS) is 12.6. The van der Waals surface area contributed by atoms with E-state index in [1.807, 2.05) is 60.7 Å². The Balaban J connectivity index is 1.76. The molecule has 0 amide bonds. The predicted molar refractivity (Wildman–Crippen MR) is 120 cm³/mol. The van der Waals surface area contributed by atoms with Crippen LogP contribution in [-0.4, -0.2) is 22.6 Å². The zero-order valence-electron chi connectivity index (χ0n) is 16.5. The molecule has 1 atom stereocenters. The van der Waals surface area contributed by atoms with E-state index in [1.165, 1.54) is 26.4 Å². The van der Waals surface area contributed by atoms with Gasteiger partial charge < -0.3 is 9.47 Å². The summed E-state index contributed by atoms with van der Waals surface area (Å²) < 4.78 is 41.0. The molecule has 0 saturated heterocycles. The molecule has 0 aliphatic carbocycles. The number of rotatable bonds is 7. The van der Waals surface area contributed by atoms with Crippen LogP contribution in [0, 0.1) is 0 Å². The fourth-order valence-electron chi connectivity index (χ4n) is 3.29. The molecule has 154 valence electrons. The van der Waals surface area contributed by atoms with Gasteiger partial charge in [0.15, 0.2) is 11.5 Å². The lowest BCUT2D eigenvalue weighted by Gasteiger charge is -2.19. The van der Waals surface area contributed by atoms with Crippen molar-refractivity contribution in [1.29, 1.82) is 0 Å². The molecule has 3 aromatic carbocycles. The molecule has 1 aromatic heterocycles. The minimum absolute atomic E-state index is 0.113. The van der Waals surface area contributed by atoms with Crippen LogP contribution in [0.1, 0.15) is 16.5 Å². The summed E-state index contributed by atoms with van der Waals surface area (Å²) >= 11 is 1.58. The maximum atomic E-state index is 13.3. The van der Waals surface area contributed by atoms with Gasteiger partial charge in [-0.2, -0.15) is 4.72 Å². The first-order valence-electron chi connectivity index (χ1n) is 9.29. The Morgan fingerprint density at radius 3 is 2.23 bits per heavy atom. The zero-order valence-corrected chi connectivity index (χ0v) is 18.2. The van der Waals surface area contributed by atoms with Gasteiger partial charge in [-0.05, 0) is 35.2 Å². The number of sulfonamides is 1. The fraction of sp³-hybridized carbons (Fsp3) is 0.130. The van der Waals surface area contributed by atoms with E-state index in [0.29, 0.717) is 11.5 Å². The molecule has 1 heterocycles. The molecule has 0 bridgehead atoms. The van der Waals surface area contributed by atoms with Gasteiger partial charge >= 0.3 is 0 Å². The summed E-state index contributed by atoms with van der Waals surface area (Å²) in [6.45, 7) is 0. The van der Waals surface area contributed by atoms with Crippen LogP contribution in [0.25, 0.3) is 10.1 Å². The molecule has 0 aliphatic heterocycles. The highest BCUT2D eigenvalue weighted by Crippen LogP contribution is 2.35. The third-order valence-corrected chi connectivity index (χ3v) is 7.40. The minimum atomic E-state index is -3.83. The summed E-state index contributed by atoms with van der Waals surface area (Å²) in [6, 6.07) is 23.7. The van der Waals surface area contributed by atoms with Gasteiger partial charge in [-0.1, -0.05) is 48.5 Å². The maximum absolute atomic E-state index is 13.3. The highest BCUT2D eigenvalue weighted by Gasteiger charge is 2.25. The van der Waals surface area contributed by atoms with Crippen molar-refractivity contribution in [3.05, 3.63) is 89.3 Å². The summed E-state index contributed by atoms with van der Waals surface area (Å²) in [7, 11) is -0.841. The van der Waals surface area contributed by atoms with E-state index in [2.05, 4.69) is 4.72 Å². The number of methoxy groups -OCH3 is 2. The van der Waals surface area contributed by atoms with Gasteiger partial charge in [0.05, 0.1) is 25.2 Å². The third kappa shape index (κ3) is 4.05. The van der Waals surface area contributed by atoms with Crippen LogP contribution in [0.15, 0.2) is 83.8 Å². The highest BCUT2D eigenvalue weighted by atomic mass is 32.2. The van der Waals surface area contributed by atoms with Crippen LogP contribution in [0.3, 0.4) is 0 Å². The van der Waals surface area contributed by atoms with Crippen LogP contribution < -0.4 is 14.2 Å². The summed E-state index contributed by atoms with van der Waals surface area (Å²) in [4.78, 5) is 1.04. The van der Waals surface area contributed by atoms with Crippen molar-refractivity contribution >= 4 is 31.4 Å². The summed E-state index contributed by atoms with van der Waals surface area (Å²) in [5.41, 5.74) is 0.869. The lowest BCUT2D eigenvalue weighted by molar-refractivity contribution is 0.354. The van der Waals surface area contributed by atoms with Crippen LogP contribution in [0.5, 0.6) is 11.5 Å². The van der Waals surface area contributed by atoms with Crippen molar-refractivity contribution in [2.45, 2.75) is 10.9 Å². The van der Waals surface area contributed by atoms with Crippen LogP contribution in [0.4, 0.5) is 0 Å². The van der Waals surface area contributed by atoms with Gasteiger partial charge in [-0.15, -0.1) is 11.3 Å². The number of thiophene rings is 1. The number of fused-ring (bicyclic) bond motifs is 1. The van der Waals surface area contributed by atoms with E-state index in [-0.39, 0.29) is 4.90 Å². The van der Waals surface area contributed by atoms with E-state index in [0.717, 1.165) is 20.5 Å². The summed E-state index contributed by atoms with van der Waals surface area (Å²) in [6.07, 6.45) is 0. The number of benzene rings is 3. The van der Waals surface area contributed by atoms with Gasteiger partial charge in [0.1, 0.15) is 0 Å². The van der Waals surface area contributed by atoms with Gasteiger partial charge in [0.2, 0.25) is 10.0 Å². The molecule has 4 aromatic rings. The number of hydrogen-bond donors (Lipinski definition) is 1. The van der Waals surface area contributed by atoms with Crippen molar-refractivity contribution in [2.75, 3.05) is 14.2 Å². The molecule has 0 aliphatic rings. The zero-order chi connectivity index (χ0) is 21.1. The van der Waals surface area contributed by atoms with Crippen LogP contribution in [0.2, 0.25) is 0 Å². The second-order valence-electron chi connectivity index (χ2n) is 6.67.